The lowest BCUT2D eigenvalue weighted by molar-refractivity contribution is -0.115. The molecule has 0 saturated carbocycles. The van der Waals surface area contributed by atoms with Crippen LogP contribution in [0.3, 0.4) is 0 Å². The number of nitrogens with zero attached hydrogens (tertiary/aromatic N) is 3. The topological polar surface area (TPSA) is 59.8 Å². The van der Waals surface area contributed by atoms with Crippen molar-refractivity contribution in [2.45, 2.75) is 30.8 Å². The van der Waals surface area contributed by atoms with Gasteiger partial charge in [-0.1, -0.05) is 48.2 Å². The van der Waals surface area contributed by atoms with Gasteiger partial charge in [0.1, 0.15) is 17.3 Å². The van der Waals surface area contributed by atoms with Gasteiger partial charge in [0, 0.05) is 12.1 Å². The zero-order valence-electron chi connectivity index (χ0n) is 14.8. The van der Waals surface area contributed by atoms with Crippen molar-refractivity contribution >= 4 is 23.4 Å². The molecular formula is C19H18F2N4OS. The van der Waals surface area contributed by atoms with E-state index in [0.717, 1.165) is 17.7 Å². The Labute approximate surface area is 159 Å². The molecule has 140 valence electrons. The Morgan fingerprint density at radius 1 is 1.11 bits per heavy atom. The van der Waals surface area contributed by atoms with Gasteiger partial charge in [0.25, 0.3) is 0 Å². The summed E-state index contributed by atoms with van der Waals surface area (Å²) in [6, 6.07) is 13.0. The quantitative estimate of drug-likeness (QED) is 0.638. The molecule has 0 aliphatic rings. The van der Waals surface area contributed by atoms with Crippen LogP contribution in [-0.4, -0.2) is 25.9 Å². The Balaban J connectivity index is 1.77. The summed E-state index contributed by atoms with van der Waals surface area (Å²) in [5.74, 6) is -1.45. The molecule has 0 saturated heterocycles. The summed E-state index contributed by atoms with van der Waals surface area (Å²) in [5, 5.41) is 10.6. The lowest BCUT2D eigenvalue weighted by atomic mass is 10.2. The van der Waals surface area contributed by atoms with Crippen molar-refractivity contribution in [2.24, 2.45) is 0 Å². The summed E-state index contributed by atoms with van der Waals surface area (Å²) in [4.78, 5) is 12.4. The van der Waals surface area contributed by atoms with E-state index in [-0.39, 0.29) is 0 Å². The van der Waals surface area contributed by atoms with Crippen LogP contribution in [0.4, 0.5) is 14.5 Å². The van der Waals surface area contributed by atoms with E-state index in [1.165, 1.54) is 17.8 Å². The first-order chi connectivity index (χ1) is 13.0. The molecule has 8 heteroatoms. The second-order valence-electron chi connectivity index (χ2n) is 5.76. The van der Waals surface area contributed by atoms with Gasteiger partial charge in [-0.15, -0.1) is 10.2 Å². The largest absolute Gasteiger partial charge is 0.320 e. The number of para-hydroxylation sites is 1. The van der Waals surface area contributed by atoms with Gasteiger partial charge in [-0.3, -0.25) is 4.79 Å². The van der Waals surface area contributed by atoms with Gasteiger partial charge in [-0.05, 0) is 26.0 Å². The number of anilines is 1. The summed E-state index contributed by atoms with van der Waals surface area (Å²) in [6.07, 6.45) is 0. The van der Waals surface area contributed by atoms with Crippen LogP contribution >= 0.6 is 11.8 Å². The number of hydrogen-bond donors (Lipinski definition) is 1. The molecule has 0 bridgehead atoms. The van der Waals surface area contributed by atoms with Crippen LogP contribution in [0.25, 0.3) is 11.4 Å². The zero-order chi connectivity index (χ0) is 19.4. The zero-order valence-corrected chi connectivity index (χ0v) is 15.6. The van der Waals surface area contributed by atoms with Crippen molar-refractivity contribution in [1.82, 2.24) is 14.8 Å². The molecule has 1 unspecified atom stereocenters. The molecule has 3 aromatic rings. The van der Waals surface area contributed by atoms with Gasteiger partial charge in [-0.25, -0.2) is 8.78 Å². The second-order valence-corrected chi connectivity index (χ2v) is 7.07. The maximum absolute atomic E-state index is 13.7. The molecular weight excluding hydrogens is 370 g/mol. The molecule has 1 atom stereocenters. The van der Waals surface area contributed by atoms with Crippen molar-refractivity contribution in [3.05, 3.63) is 60.2 Å². The molecule has 0 fully saturated rings. The van der Waals surface area contributed by atoms with Gasteiger partial charge in [0.05, 0.1) is 5.25 Å². The Morgan fingerprint density at radius 2 is 1.78 bits per heavy atom. The number of hydrogen-bond acceptors (Lipinski definition) is 4. The summed E-state index contributed by atoms with van der Waals surface area (Å²) in [7, 11) is 0. The lowest BCUT2D eigenvalue weighted by Gasteiger charge is -2.13. The summed E-state index contributed by atoms with van der Waals surface area (Å²) < 4.78 is 29.3. The highest BCUT2D eigenvalue weighted by Gasteiger charge is 2.22. The average Bonchev–Trinajstić information content (AvgIpc) is 3.07. The number of rotatable bonds is 6. The summed E-state index contributed by atoms with van der Waals surface area (Å²) >= 11 is 1.18. The average molecular weight is 388 g/mol. The van der Waals surface area contributed by atoms with Crippen LogP contribution < -0.4 is 5.32 Å². The fraction of sp³-hybridized carbons (Fsp3) is 0.211. The van der Waals surface area contributed by atoms with Gasteiger partial charge < -0.3 is 9.88 Å². The number of carbonyl (C=O) groups excluding carboxylic acids is 1. The lowest BCUT2D eigenvalue weighted by Crippen LogP contribution is -2.24. The second kappa shape index (κ2) is 8.30. The standard InChI is InChI=1S/C19H18F2N4OS/c1-3-25-17(13-8-5-4-6-9-13)23-24-19(25)27-12(2)18(26)22-16-14(20)10-7-11-15(16)21/h4-12H,3H2,1-2H3,(H,22,26). The van der Waals surface area contributed by atoms with E-state index in [9.17, 15) is 13.6 Å². The maximum atomic E-state index is 13.7. The van der Waals surface area contributed by atoms with Crippen LogP contribution in [0.1, 0.15) is 13.8 Å². The van der Waals surface area contributed by atoms with Crippen molar-refractivity contribution < 1.29 is 13.6 Å². The highest BCUT2D eigenvalue weighted by Crippen LogP contribution is 2.28. The maximum Gasteiger partial charge on any atom is 0.237 e. The third-order valence-electron chi connectivity index (χ3n) is 3.93. The Kier molecular flexibility index (Phi) is 5.85. The Bertz CT molecular complexity index is 926. The van der Waals surface area contributed by atoms with Crippen molar-refractivity contribution in [3.8, 4) is 11.4 Å². The molecule has 27 heavy (non-hydrogen) atoms. The molecule has 0 aliphatic carbocycles. The number of carbonyl (C=O) groups is 1. The van der Waals surface area contributed by atoms with Gasteiger partial charge in [0.15, 0.2) is 11.0 Å². The first kappa shape index (κ1) is 19.0. The Hall–Kier alpha value is -2.74. The smallest absolute Gasteiger partial charge is 0.237 e. The van der Waals surface area contributed by atoms with E-state index < -0.39 is 28.5 Å². The molecule has 3 rings (SSSR count). The van der Waals surface area contributed by atoms with E-state index in [0.29, 0.717) is 17.5 Å². The van der Waals surface area contributed by atoms with E-state index in [2.05, 4.69) is 15.5 Å². The third kappa shape index (κ3) is 4.16. The molecule has 1 N–H and O–H groups in total. The highest BCUT2D eigenvalue weighted by atomic mass is 32.2. The first-order valence-corrected chi connectivity index (χ1v) is 9.29. The molecule has 0 spiro atoms. The van der Waals surface area contributed by atoms with Crippen LogP contribution in [0.5, 0.6) is 0 Å². The van der Waals surface area contributed by atoms with E-state index in [1.54, 1.807) is 6.92 Å². The van der Waals surface area contributed by atoms with Crippen molar-refractivity contribution in [3.63, 3.8) is 0 Å². The predicted octanol–water partition coefficient (Wildman–Crippen LogP) is 4.36. The monoisotopic (exact) mass is 388 g/mol. The van der Waals surface area contributed by atoms with Crippen LogP contribution in [0, 0.1) is 11.6 Å². The molecule has 5 nitrogen and oxygen atoms in total. The molecule has 1 amide bonds. The minimum absolute atomic E-state index is 0.447. The van der Waals surface area contributed by atoms with Crippen molar-refractivity contribution in [2.75, 3.05) is 5.32 Å². The van der Waals surface area contributed by atoms with E-state index in [4.69, 9.17) is 0 Å². The number of benzene rings is 2. The minimum atomic E-state index is -0.816. The molecule has 0 radical (unpaired) electrons. The van der Waals surface area contributed by atoms with Gasteiger partial charge in [-0.2, -0.15) is 0 Å². The van der Waals surface area contributed by atoms with Gasteiger partial charge in [0.2, 0.25) is 5.91 Å². The number of thioether (sulfide) groups is 1. The van der Waals surface area contributed by atoms with E-state index >= 15 is 0 Å². The molecule has 1 aromatic heterocycles. The molecule has 1 heterocycles. The summed E-state index contributed by atoms with van der Waals surface area (Å²) in [6.45, 7) is 4.23. The van der Waals surface area contributed by atoms with Crippen LogP contribution in [-0.2, 0) is 11.3 Å². The van der Waals surface area contributed by atoms with Gasteiger partial charge >= 0.3 is 0 Å². The predicted molar refractivity (Wildman–Crippen MR) is 101 cm³/mol. The molecule has 2 aromatic carbocycles. The van der Waals surface area contributed by atoms with Crippen LogP contribution in [0.2, 0.25) is 0 Å². The number of amides is 1. The third-order valence-corrected chi connectivity index (χ3v) is 5.01. The number of nitrogens with one attached hydrogen (secondary N) is 1. The molecule has 0 aliphatic heterocycles. The number of aromatic nitrogens is 3. The summed E-state index contributed by atoms with van der Waals surface area (Å²) in [5.41, 5.74) is 0.473. The normalized spacial score (nSPS) is 12.0. The SMILES string of the molecule is CCn1c(SC(C)C(=O)Nc2c(F)cccc2F)nnc1-c1ccccc1. The van der Waals surface area contributed by atoms with Crippen LogP contribution in [0.15, 0.2) is 53.7 Å². The fourth-order valence-electron chi connectivity index (χ4n) is 2.52. The fourth-order valence-corrected chi connectivity index (χ4v) is 3.43. The first-order valence-electron chi connectivity index (χ1n) is 8.41. The van der Waals surface area contributed by atoms with Crippen molar-refractivity contribution in [1.29, 1.82) is 0 Å². The Morgan fingerprint density at radius 3 is 2.41 bits per heavy atom. The highest BCUT2D eigenvalue weighted by molar-refractivity contribution is 8.00. The number of halogens is 2. The minimum Gasteiger partial charge on any atom is -0.320 e. The van der Waals surface area contributed by atoms with E-state index in [1.807, 2.05) is 41.8 Å².